The third kappa shape index (κ3) is 2.20. The summed E-state index contributed by atoms with van der Waals surface area (Å²) in [6.07, 6.45) is -0.500. The molecule has 0 spiro atoms. The quantitative estimate of drug-likeness (QED) is 0.726. The summed E-state index contributed by atoms with van der Waals surface area (Å²) in [6, 6.07) is 5.31. The Kier molecular flexibility index (Phi) is 3.28. The van der Waals surface area contributed by atoms with Crippen LogP contribution in [0.15, 0.2) is 18.2 Å². The lowest BCUT2D eigenvalue weighted by Gasteiger charge is -2.15. The minimum Gasteiger partial charge on any atom is -0.507 e. The van der Waals surface area contributed by atoms with Crippen LogP contribution in [0.2, 0.25) is 0 Å². The van der Waals surface area contributed by atoms with Gasteiger partial charge in [0.05, 0.1) is 0 Å². The Bertz CT molecular complexity index is 279. The van der Waals surface area contributed by atoms with Crippen LogP contribution in [0.25, 0.3) is 0 Å². The number of methoxy groups -OCH3 is 2. The van der Waals surface area contributed by atoms with E-state index in [-0.39, 0.29) is 5.75 Å². The van der Waals surface area contributed by atoms with Gasteiger partial charge in [-0.25, -0.2) is 0 Å². The zero-order valence-corrected chi connectivity index (χ0v) is 8.07. The van der Waals surface area contributed by atoms with E-state index in [0.717, 1.165) is 5.56 Å². The molecule has 0 heterocycles. The molecular formula is C10H14O3. The molecule has 0 unspecified atom stereocenters. The summed E-state index contributed by atoms with van der Waals surface area (Å²) in [6.45, 7) is 1.95. The number of aromatic hydroxyl groups is 1. The number of benzene rings is 1. The monoisotopic (exact) mass is 182 g/mol. The number of hydrogen-bond acceptors (Lipinski definition) is 3. The van der Waals surface area contributed by atoms with Gasteiger partial charge in [0.15, 0.2) is 6.29 Å². The standard InChI is InChI=1S/C10H14O3/c1-7-4-5-9(11)8(6-7)10(12-2)13-3/h4-6,10-11H,1-3H3. The van der Waals surface area contributed by atoms with Gasteiger partial charge in [-0.3, -0.25) is 0 Å². The highest BCUT2D eigenvalue weighted by atomic mass is 16.7. The SMILES string of the molecule is COC(OC)c1cc(C)ccc1O. The van der Waals surface area contributed by atoms with Crippen LogP contribution in [-0.4, -0.2) is 19.3 Å². The van der Waals surface area contributed by atoms with E-state index in [1.165, 1.54) is 14.2 Å². The van der Waals surface area contributed by atoms with Crippen LogP contribution in [0.4, 0.5) is 0 Å². The number of aryl methyl sites for hydroxylation is 1. The fourth-order valence-corrected chi connectivity index (χ4v) is 1.21. The van der Waals surface area contributed by atoms with Crippen molar-refractivity contribution in [2.24, 2.45) is 0 Å². The molecule has 0 atom stereocenters. The second kappa shape index (κ2) is 4.25. The first-order chi connectivity index (χ1) is 6.19. The number of ether oxygens (including phenoxy) is 2. The van der Waals surface area contributed by atoms with Crippen molar-refractivity contribution in [3.8, 4) is 5.75 Å². The second-order valence-corrected chi connectivity index (χ2v) is 2.87. The molecule has 0 saturated heterocycles. The minimum atomic E-state index is -0.500. The molecule has 13 heavy (non-hydrogen) atoms. The van der Waals surface area contributed by atoms with Crippen LogP contribution in [0.5, 0.6) is 5.75 Å². The highest BCUT2D eigenvalue weighted by molar-refractivity contribution is 5.36. The maximum absolute atomic E-state index is 9.51. The van der Waals surface area contributed by atoms with Gasteiger partial charge in [-0.15, -0.1) is 0 Å². The van der Waals surface area contributed by atoms with Crippen molar-refractivity contribution >= 4 is 0 Å². The first kappa shape index (κ1) is 10.0. The van der Waals surface area contributed by atoms with Crippen molar-refractivity contribution in [1.29, 1.82) is 0 Å². The Morgan fingerprint density at radius 3 is 2.38 bits per heavy atom. The van der Waals surface area contributed by atoms with Crippen molar-refractivity contribution in [1.82, 2.24) is 0 Å². The summed E-state index contributed by atoms with van der Waals surface area (Å²) in [5, 5.41) is 9.51. The predicted octanol–water partition coefficient (Wildman–Crippen LogP) is 1.99. The normalized spacial score (nSPS) is 10.8. The van der Waals surface area contributed by atoms with Crippen LogP contribution in [0.1, 0.15) is 17.4 Å². The topological polar surface area (TPSA) is 38.7 Å². The van der Waals surface area contributed by atoms with E-state index in [9.17, 15) is 5.11 Å². The van der Waals surface area contributed by atoms with Crippen molar-refractivity contribution in [3.63, 3.8) is 0 Å². The Labute approximate surface area is 77.9 Å². The predicted molar refractivity (Wildman–Crippen MR) is 49.6 cm³/mol. The van der Waals surface area contributed by atoms with Gasteiger partial charge >= 0.3 is 0 Å². The first-order valence-corrected chi connectivity index (χ1v) is 4.04. The van der Waals surface area contributed by atoms with Crippen LogP contribution in [0.3, 0.4) is 0 Å². The van der Waals surface area contributed by atoms with Crippen LogP contribution in [0, 0.1) is 6.92 Å². The molecule has 1 aromatic carbocycles. The average molecular weight is 182 g/mol. The number of phenols is 1. The van der Waals surface area contributed by atoms with E-state index < -0.39 is 6.29 Å². The summed E-state index contributed by atoms with van der Waals surface area (Å²) in [5.74, 6) is 0.194. The molecule has 0 aliphatic rings. The molecule has 0 aliphatic carbocycles. The average Bonchev–Trinajstić information content (AvgIpc) is 2.13. The first-order valence-electron chi connectivity index (χ1n) is 4.04. The Balaban J connectivity index is 3.03. The van der Waals surface area contributed by atoms with E-state index in [1.54, 1.807) is 6.07 Å². The Hall–Kier alpha value is -1.06. The molecule has 3 heteroatoms. The third-order valence-corrected chi connectivity index (χ3v) is 1.87. The molecule has 0 bridgehead atoms. The van der Waals surface area contributed by atoms with Gasteiger partial charge in [0.2, 0.25) is 0 Å². The molecule has 0 aliphatic heterocycles. The molecule has 0 radical (unpaired) electrons. The molecule has 1 rings (SSSR count). The van der Waals surface area contributed by atoms with Gasteiger partial charge in [-0.2, -0.15) is 0 Å². The Morgan fingerprint density at radius 2 is 1.85 bits per heavy atom. The fraction of sp³-hybridized carbons (Fsp3) is 0.400. The molecule has 0 amide bonds. The fourth-order valence-electron chi connectivity index (χ4n) is 1.21. The number of hydrogen-bond donors (Lipinski definition) is 1. The third-order valence-electron chi connectivity index (χ3n) is 1.87. The largest absolute Gasteiger partial charge is 0.507 e. The van der Waals surface area contributed by atoms with E-state index in [1.807, 2.05) is 19.1 Å². The number of rotatable bonds is 3. The lowest BCUT2D eigenvalue weighted by Crippen LogP contribution is -2.04. The molecule has 3 nitrogen and oxygen atoms in total. The highest BCUT2D eigenvalue weighted by Crippen LogP contribution is 2.27. The summed E-state index contributed by atoms with van der Waals surface area (Å²) in [4.78, 5) is 0. The lowest BCUT2D eigenvalue weighted by atomic mass is 10.1. The van der Waals surface area contributed by atoms with Crippen molar-refractivity contribution in [3.05, 3.63) is 29.3 Å². The van der Waals surface area contributed by atoms with Crippen molar-refractivity contribution in [2.75, 3.05) is 14.2 Å². The van der Waals surface area contributed by atoms with Gasteiger partial charge in [0.25, 0.3) is 0 Å². The van der Waals surface area contributed by atoms with Crippen LogP contribution < -0.4 is 0 Å². The van der Waals surface area contributed by atoms with Gasteiger partial charge in [-0.05, 0) is 19.1 Å². The second-order valence-electron chi connectivity index (χ2n) is 2.87. The molecular weight excluding hydrogens is 168 g/mol. The molecule has 0 aromatic heterocycles. The molecule has 72 valence electrons. The molecule has 1 aromatic rings. The van der Waals surface area contributed by atoms with Gasteiger partial charge < -0.3 is 14.6 Å². The zero-order valence-electron chi connectivity index (χ0n) is 8.07. The highest BCUT2D eigenvalue weighted by Gasteiger charge is 2.13. The minimum absolute atomic E-state index is 0.194. The van der Waals surface area contributed by atoms with E-state index in [0.29, 0.717) is 5.56 Å². The zero-order chi connectivity index (χ0) is 9.84. The van der Waals surface area contributed by atoms with Gasteiger partial charge in [0.1, 0.15) is 5.75 Å². The summed E-state index contributed by atoms with van der Waals surface area (Å²) in [5.41, 5.74) is 1.72. The lowest BCUT2D eigenvalue weighted by molar-refractivity contribution is -0.107. The van der Waals surface area contributed by atoms with Gasteiger partial charge in [0, 0.05) is 19.8 Å². The smallest absolute Gasteiger partial charge is 0.186 e. The summed E-state index contributed by atoms with van der Waals surface area (Å²) >= 11 is 0. The maximum Gasteiger partial charge on any atom is 0.186 e. The van der Waals surface area contributed by atoms with Crippen LogP contribution >= 0.6 is 0 Å². The van der Waals surface area contributed by atoms with Crippen molar-refractivity contribution < 1.29 is 14.6 Å². The van der Waals surface area contributed by atoms with E-state index in [2.05, 4.69) is 0 Å². The molecule has 0 fully saturated rings. The van der Waals surface area contributed by atoms with E-state index >= 15 is 0 Å². The molecule has 1 N–H and O–H groups in total. The van der Waals surface area contributed by atoms with E-state index in [4.69, 9.17) is 9.47 Å². The Morgan fingerprint density at radius 1 is 1.23 bits per heavy atom. The van der Waals surface area contributed by atoms with Gasteiger partial charge in [-0.1, -0.05) is 11.6 Å². The maximum atomic E-state index is 9.51. The molecule has 0 saturated carbocycles. The number of phenolic OH excluding ortho intramolecular Hbond substituents is 1. The van der Waals surface area contributed by atoms with Crippen molar-refractivity contribution in [2.45, 2.75) is 13.2 Å². The van der Waals surface area contributed by atoms with Crippen LogP contribution in [-0.2, 0) is 9.47 Å². The summed E-state index contributed by atoms with van der Waals surface area (Å²) in [7, 11) is 3.08. The summed E-state index contributed by atoms with van der Waals surface area (Å²) < 4.78 is 10.1.